The van der Waals surface area contributed by atoms with E-state index in [1.165, 1.54) is 6.20 Å². The van der Waals surface area contributed by atoms with Crippen molar-refractivity contribution in [3.63, 3.8) is 0 Å². The Morgan fingerprint density at radius 2 is 1.89 bits per heavy atom. The monoisotopic (exact) mass is 279 g/mol. The van der Waals surface area contributed by atoms with Crippen LogP contribution in [0.15, 0.2) is 30.5 Å². The van der Waals surface area contributed by atoms with Crippen LogP contribution in [0.4, 0.5) is 5.69 Å². The topological polar surface area (TPSA) is 70.3 Å². The van der Waals surface area contributed by atoms with Crippen molar-refractivity contribution >= 4 is 17.3 Å². The lowest BCUT2D eigenvalue weighted by atomic mass is 10.3. The molecule has 0 saturated carbocycles. The van der Waals surface area contributed by atoms with E-state index >= 15 is 0 Å². The van der Waals surface area contributed by atoms with E-state index in [4.69, 9.17) is 26.8 Å². The molecule has 0 amide bonds. The normalized spacial score (nSPS) is 10.2. The van der Waals surface area contributed by atoms with Crippen LogP contribution in [0, 0.1) is 0 Å². The molecule has 19 heavy (non-hydrogen) atoms. The molecule has 0 fully saturated rings. The van der Waals surface area contributed by atoms with E-state index in [1.807, 2.05) is 12.1 Å². The molecule has 0 bridgehead atoms. The fraction of sp³-hybridized carbons (Fsp3) is 0.231. The molecule has 1 heterocycles. The molecule has 2 N–H and O–H groups in total. The number of aromatic nitrogens is 2. The zero-order valence-corrected chi connectivity index (χ0v) is 11.2. The van der Waals surface area contributed by atoms with Gasteiger partial charge >= 0.3 is 0 Å². The van der Waals surface area contributed by atoms with E-state index < -0.39 is 0 Å². The van der Waals surface area contributed by atoms with E-state index in [0.717, 1.165) is 12.2 Å². The Morgan fingerprint density at radius 3 is 2.58 bits per heavy atom. The van der Waals surface area contributed by atoms with Gasteiger partial charge in [0.15, 0.2) is 0 Å². The summed E-state index contributed by atoms with van der Waals surface area (Å²) >= 11 is 5.69. The van der Waals surface area contributed by atoms with Crippen molar-refractivity contribution in [2.45, 2.75) is 13.3 Å². The highest BCUT2D eigenvalue weighted by Gasteiger charge is 2.06. The molecule has 2 rings (SSSR count). The van der Waals surface area contributed by atoms with Crippen molar-refractivity contribution in [1.29, 1.82) is 0 Å². The van der Waals surface area contributed by atoms with Crippen LogP contribution >= 0.6 is 11.6 Å². The molecule has 1 aromatic carbocycles. The van der Waals surface area contributed by atoms with Gasteiger partial charge in [-0.15, -0.1) is 0 Å². The highest BCUT2D eigenvalue weighted by Crippen LogP contribution is 2.26. The summed E-state index contributed by atoms with van der Waals surface area (Å²) < 4.78 is 11.0. The molecule has 0 radical (unpaired) electrons. The third kappa shape index (κ3) is 3.72. The first kappa shape index (κ1) is 13.4. The van der Waals surface area contributed by atoms with E-state index in [-0.39, 0.29) is 11.2 Å². The summed E-state index contributed by atoms with van der Waals surface area (Å²) in [6, 6.07) is 7.20. The van der Waals surface area contributed by atoms with Crippen LogP contribution < -0.4 is 15.2 Å². The Hall–Kier alpha value is -2.01. The minimum Gasteiger partial charge on any atom is -0.494 e. The van der Waals surface area contributed by atoms with Crippen molar-refractivity contribution < 1.29 is 9.47 Å². The molecule has 2 aromatic rings. The summed E-state index contributed by atoms with van der Waals surface area (Å²) in [6.07, 6.45) is 2.37. The van der Waals surface area contributed by atoms with Gasteiger partial charge in [-0.25, -0.2) is 4.98 Å². The lowest BCUT2D eigenvalue weighted by molar-refractivity contribution is 0.317. The number of ether oxygens (including phenoxy) is 2. The number of halogens is 1. The van der Waals surface area contributed by atoms with Gasteiger partial charge in [-0.2, -0.15) is 4.98 Å². The molecular formula is C13H14ClN3O2. The molecule has 0 unspecified atom stereocenters. The zero-order chi connectivity index (χ0) is 13.7. The highest BCUT2D eigenvalue weighted by molar-refractivity contribution is 6.28. The predicted octanol–water partition coefficient (Wildman–Crippen LogP) is 3.29. The van der Waals surface area contributed by atoms with Crippen LogP contribution in [0.3, 0.4) is 0 Å². The molecule has 0 aliphatic heterocycles. The van der Waals surface area contributed by atoms with Gasteiger partial charge in [-0.1, -0.05) is 6.92 Å². The van der Waals surface area contributed by atoms with Gasteiger partial charge in [0.1, 0.15) is 17.2 Å². The second-order valence-electron chi connectivity index (χ2n) is 3.82. The predicted molar refractivity (Wildman–Crippen MR) is 73.8 cm³/mol. The average molecular weight is 280 g/mol. The lowest BCUT2D eigenvalue weighted by Crippen LogP contribution is -1.97. The minimum atomic E-state index is 0.0899. The maximum Gasteiger partial charge on any atom is 0.247 e. The summed E-state index contributed by atoms with van der Waals surface area (Å²) in [6.45, 7) is 2.74. The lowest BCUT2D eigenvalue weighted by Gasteiger charge is -2.08. The second kappa shape index (κ2) is 6.24. The summed E-state index contributed by atoms with van der Waals surface area (Å²) in [4.78, 5) is 7.67. The molecule has 0 atom stereocenters. The maximum absolute atomic E-state index is 5.70. The van der Waals surface area contributed by atoms with Crippen molar-refractivity contribution in [2.75, 3.05) is 12.3 Å². The van der Waals surface area contributed by atoms with Gasteiger partial charge < -0.3 is 15.2 Å². The molecule has 0 spiro atoms. The first-order valence-electron chi connectivity index (χ1n) is 5.87. The largest absolute Gasteiger partial charge is 0.494 e. The minimum absolute atomic E-state index is 0.0899. The van der Waals surface area contributed by atoms with Crippen LogP contribution in [-0.4, -0.2) is 16.6 Å². The third-order valence-corrected chi connectivity index (χ3v) is 2.44. The van der Waals surface area contributed by atoms with Crippen LogP contribution in [0.5, 0.6) is 17.4 Å². The van der Waals surface area contributed by atoms with Gasteiger partial charge in [-0.3, -0.25) is 0 Å². The Morgan fingerprint density at radius 1 is 1.21 bits per heavy atom. The molecular weight excluding hydrogens is 266 g/mol. The number of nitrogens with two attached hydrogens (primary N) is 1. The summed E-state index contributed by atoms with van der Waals surface area (Å²) in [7, 11) is 0. The number of hydrogen-bond acceptors (Lipinski definition) is 5. The molecule has 0 aliphatic carbocycles. The molecule has 1 aromatic heterocycles. The maximum atomic E-state index is 5.70. The van der Waals surface area contributed by atoms with Crippen molar-refractivity contribution in [2.24, 2.45) is 0 Å². The number of nitrogens with zero attached hydrogens (tertiary/aromatic N) is 2. The first-order valence-corrected chi connectivity index (χ1v) is 6.25. The number of benzene rings is 1. The van der Waals surface area contributed by atoms with Gasteiger partial charge in [-0.05, 0) is 42.3 Å². The SMILES string of the molecule is CCCOc1ccc(Oc2nc(Cl)ncc2N)cc1. The Kier molecular flexibility index (Phi) is 4.41. The smallest absolute Gasteiger partial charge is 0.247 e. The van der Waals surface area contributed by atoms with Crippen LogP contribution in [-0.2, 0) is 0 Å². The highest BCUT2D eigenvalue weighted by atomic mass is 35.5. The first-order chi connectivity index (χ1) is 9.19. The third-order valence-electron chi connectivity index (χ3n) is 2.26. The van der Waals surface area contributed by atoms with Crippen LogP contribution in [0.25, 0.3) is 0 Å². The zero-order valence-electron chi connectivity index (χ0n) is 10.5. The van der Waals surface area contributed by atoms with Crippen molar-refractivity contribution in [3.05, 3.63) is 35.7 Å². The van der Waals surface area contributed by atoms with Crippen molar-refractivity contribution in [1.82, 2.24) is 9.97 Å². The van der Waals surface area contributed by atoms with E-state index in [9.17, 15) is 0 Å². The summed E-state index contributed by atoms with van der Waals surface area (Å²) in [5.41, 5.74) is 6.03. The molecule has 0 aliphatic rings. The molecule has 0 saturated heterocycles. The number of rotatable bonds is 5. The van der Waals surface area contributed by atoms with Gasteiger partial charge in [0.2, 0.25) is 11.2 Å². The Labute approximate surface area is 116 Å². The Bertz CT molecular complexity index is 546. The van der Waals surface area contributed by atoms with Gasteiger partial charge in [0.25, 0.3) is 0 Å². The summed E-state index contributed by atoms with van der Waals surface area (Å²) in [5.74, 6) is 1.63. The van der Waals surface area contributed by atoms with Gasteiger partial charge in [0, 0.05) is 0 Å². The van der Waals surface area contributed by atoms with E-state index in [2.05, 4.69) is 16.9 Å². The van der Waals surface area contributed by atoms with Crippen molar-refractivity contribution in [3.8, 4) is 17.4 Å². The van der Waals surface area contributed by atoms with Gasteiger partial charge in [0.05, 0.1) is 12.8 Å². The Balaban J connectivity index is 2.08. The fourth-order valence-electron chi connectivity index (χ4n) is 1.37. The second-order valence-corrected chi connectivity index (χ2v) is 4.16. The number of anilines is 1. The van der Waals surface area contributed by atoms with Crippen LogP contribution in [0.2, 0.25) is 5.28 Å². The number of hydrogen-bond donors (Lipinski definition) is 1. The number of nitrogen functional groups attached to an aromatic ring is 1. The fourth-order valence-corrected chi connectivity index (χ4v) is 1.50. The quantitative estimate of drug-likeness (QED) is 0.851. The van der Waals surface area contributed by atoms with E-state index in [1.54, 1.807) is 12.1 Å². The van der Waals surface area contributed by atoms with Crippen LogP contribution in [0.1, 0.15) is 13.3 Å². The van der Waals surface area contributed by atoms with E-state index in [0.29, 0.717) is 18.0 Å². The molecule has 5 nitrogen and oxygen atoms in total. The average Bonchev–Trinajstić information content (AvgIpc) is 2.42. The standard InChI is InChI=1S/C13H14ClN3O2/c1-2-7-18-9-3-5-10(6-4-9)19-12-11(15)8-16-13(14)17-12/h3-6,8H,2,7,15H2,1H3. The molecule has 6 heteroatoms. The summed E-state index contributed by atoms with van der Waals surface area (Å²) in [5, 5.41) is 0.0899. The molecule has 100 valence electrons.